The second-order valence-corrected chi connectivity index (χ2v) is 7.41. The van der Waals surface area contributed by atoms with Gasteiger partial charge in [-0.3, -0.25) is 14.9 Å². The van der Waals surface area contributed by atoms with Crippen LogP contribution in [0.15, 0.2) is 46.0 Å². The van der Waals surface area contributed by atoms with E-state index in [1.807, 2.05) is 24.3 Å². The van der Waals surface area contributed by atoms with Crippen molar-refractivity contribution in [2.45, 2.75) is 0 Å². The quantitative estimate of drug-likeness (QED) is 0.339. The number of aromatic hydroxyl groups is 1. The molecular weight excluding hydrogens is 446 g/mol. The fourth-order valence-corrected chi connectivity index (χ4v) is 4.08. The summed E-state index contributed by atoms with van der Waals surface area (Å²) in [6, 6.07) is 9.94. The Hall–Kier alpha value is -2.49. The highest BCUT2D eigenvalue weighted by Crippen LogP contribution is 2.35. The second kappa shape index (κ2) is 7.40. The number of halogens is 2. The molecule has 0 aliphatic heterocycles. The summed E-state index contributed by atoms with van der Waals surface area (Å²) in [5, 5.41) is 25.7. The Labute approximate surface area is 164 Å². The zero-order valence-electron chi connectivity index (χ0n) is 12.8. The van der Waals surface area contributed by atoms with Crippen LogP contribution < -0.4 is 5.43 Å². The molecule has 1 heterocycles. The molecule has 3 aromatic rings. The van der Waals surface area contributed by atoms with Gasteiger partial charge in [-0.1, -0.05) is 45.7 Å². The minimum absolute atomic E-state index is 0.0776. The minimum atomic E-state index is -0.715. The topological polar surface area (TPSA) is 105 Å². The van der Waals surface area contributed by atoms with Crippen molar-refractivity contribution in [3.63, 3.8) is 0 Å². The largest absolute Gasteiger partial charge is 0.502 e. The molecular formula is C16H9BrClN3O4S. The molecule has 0 saturated carbocycles. The molecule has 0 unspecified atom stereocenters. The van der Waals surface area contributed by atoms with Crippen LogP contribution in [-0.2, 0) is 0 Å². The molecule has 26 heavy (non-hydrogen) atoms. The number of rotatable bonds is 4. The summed E-state index contributed by atoms with van der Waals surface area (Å²) in [5.74, 6) is -1.06. The Balaban J connectivity index is 1.83. The number of nitro groups is 1. The van der Waals surface area contributed by atoms with Crippen LogP contribution in [-0.4, -0.2) is 22.2 Å². The van der Waals surface area contributed by atoms with Gasteiger partial charge in [-0.2, -0.15) is 5.10 Å². The van der Waals surface area contributed by atoms with Crippen LogP contribution in [0.1, 0.15) is 15.2 Å². The number of hydrogen-bond acceptors (Lipinski definition) is 6. The number of hydrazone groups is 1. The number of hydrogen-bond donors (Lipinski definition) is 2. The Morgan fingerprint density at radius 2 is 2.12 bits per heavy atom. The fourth-order valence-electron chi connectivity index (χ4n) is 2.21. The van der Waals surface area contributed by atoms with E-state index < -0.39 is 22.3 Å². The summed E-state index contributed by atoms with van der Waals surface area (Å²) in [5.41, 5.74) is 1.91. The Kier molecular flexibility index (Phi) is 5.21. The third-order valence-electron chi connectivity index (χ3n) is 3.39. The molecule has 3 rings (SSSR count). The van der Waals surface area contributed by atoms with Crippen molar-refractivity contribution >= 4 is 66.8 Å². The SMILES string of the molecule is O=C(N/N=C/c1cc(Br)cc([N+](=O)[O-])c1O)c1sc2ccccc2c1Cl. The average molecular weight is 455 g/mol. The van der Waals surface area contributed by atoms with Gasteiger partial charge in [-0.05, 0) is 12.1 Å². The lowest BCUT2D eigenvalue weighted by atomic mass is 10.2. The van der Waals surface area contributed by atoms with Crippen LogP contribution in [0.4, 0.5) is 5.69 Å². The predicted octanol–water partition coefficient (Wildman–Crippen LogP) is 4.69. The van der Waals surface area contributed by atoms with E-state index in [-0.39, 0.29) is 5.56 Å². The van der Waals surface area contributed by atoms with E-state index in [9.17, 15) is 20.0 Å². The number of phenols is 1. The Bertz CT molecular complexity index is 1070. The monoisotopic (exact) mass is 453 g/mol. The summed E-state index contributed by atoms with van der Waals surface area (Å²) >= 11 is 10.6. The lowest BCUT2D eigenvalue weighted by Crippen LogP contribution is -2.16. The number of phenolic OH excluding ortho intramolecular Hbond substituents is 1. The van der Waals surface area contributed by atoms with E-state index in [0.717, 1.165) is 16.3 Å². The van der Waals surface area contributed by atoms with Crippen LogP contribution in [0.3, 0.4) is 0 Å². The van der Waals surface area contributed by atoms with E-state index in [1.165, 1.54) is 23.5 Å². The molecule has 2 N–H and O–H groups in total. The normalized spacial score (nSPS) is 11.2. The molecule has 0 aliphatic rings. The van der Waals surface area contributed by atoms with Gasteiger partial charge in [0.05, 0.1) is 16.2 Å². The zero-order chi connectivity index (χ0) is 18.8. The molecule has 0 bridgehead atoms. The maximum Gasteiger partial charge on any atom is 0.312 e. The van der Waals surface area contributed by atoms with E-state index in [2.05, 4.69) is 26.5 Å². The van der Waals surface area contributed by atoms with E-state index in [0.29, 0.717) is 14.4 Å². The highest BCUT2D eigenvalue weighted by molar-refractivity contribution is 9.10. The van der Waals surface area contributed by atoms with Gasteiger partial charge in [0.1, 0.15) is 4.88 Å². The number of benzene rings is 2. The maximum atomic E-state index is 12.3. The molecule has 1 aromatic heterocycles. The molecule has 10 heteroatoms. The van der Waals surface area contributed by atoms with Crippen molar-refractivity contribution in [3.8, 4) is 5.75 Å². The molecule has 0 radical (unpaired) electrons. The number of nitrogens with zero attached hydrogens (tertiary/aromatic N) is 2. The molecule has 132 valence electrons. The van der Waals surface area contributed by atoms with Gasteiger partial charge in [0, 0.05) is 26.2 Å². The molecule has 0 saturated heterocycles. The molecule has 0 fully saturated rings. The first-order chi connectivity index (χ1) is 12.4. The van der Waals surface area contributed by atoms with Crippen LogP contribution in [0.2, 0.25) is 5.02 Å². The standard InChI is InChI=1S/C16H9BrClN3O4S/c17-9-5-8(14(22)11(6-9)21(24)25)7-19-20-16(23)15-13(18)10-3-1-2-4-12(10)26-15/h1-7,22H,(H,20,23)/b19-7+. The van der Waals surface area contributed by atoms with Crippen molar-refractivity contribution in [2.75, 3.05) is 0 Å². The van der Waals surface area contributed by atoms with Gasteiger partial charge in [-0.25, -0.2) is 5.43 Å². The van der Waals surface area contributed by atoms with Crippen LogP contribution >= 0.6 is 38.9 Å². The summed E-state index contributed by atoms with van der Waals surface area (Å²) < 4.78 is 1.26. The summed E-state index contributed by atoms with van der Waals surface area (Å²) in [6.45, 7) is 0. The van der Waals surface area contributed by atoms with Crippen molar-refractivity contribution < 1.29 is 14.8 Å². The van der Waals surface area contributed by atoms with Gasteiger partial charge >= 0.3 is 5.69 Å². The zero-order valence-corrected chi connectivity index (χ0v) is 15.9. The first-order valence-corrected chi connectivity index (χ1v) is 9.04. The minimum Gasteiger partial charge on any atom is -0.502 e. The van der Waals surface area contributed by atoms with Crippen molar-refractivity contribution in [1.29, 1.82) is 0 Å². The average Bonchev–Trinajstić information content (AvgIpc) is 2.94. The van der Waals surface area contributed by atoms with Gasteiger partial charge in [-0.15, -0.1) is 11.3 Å². The molecule has 0 aliphatic carbocycles. The number of thiophene rings is 1. The number of amides is 1. The molecule has 7 nitrogen and oxygen atoms in total. The van der Waals surface area contributed by atoms with Crippen LogP contribution in [0, 0.1) is 10.1 Å². The van der Waals surface area contributed by atoms with Crippen molar-refractivity contribution in [1.82, 2.24) is 5.43 Å². The Morgan fingerprint density at radius 1 is 1.38 bits per heavy atom. The highest BCUT2D eigenvalue weighted by Gasteiger charge is 2.18. The lowest BCUT2D eigenvalue weighted by molar-refractivity contribution is -0.385. The van der Waals surface area contributed by atoms with Crippen LogP contribution in [0.5, 0.6) is 5.75 Å². The van der Waals surface area contributed by atoms with E-state index in [4.69, 9.17) is 11.6 Å². The number of nitro benzene ring substituents is 1. The lowest BCUT2D eigenvalue weighted by Gasteiger charge is -2.02. The van der Waals surface area contributed by atoms with E-state index >= 15 is 0 Å². The molecule has 0 spiro atoms. The smallest absolute Gasteiger partial charge is 0.312 e. The molecule has 2 aromatic carbocycles. The second-order valence-electron chi connectivity index (χ2n) is 5.06. The van der Waals surface area contributed by atoms with Gasteiger partial charge < -0.3 is 5.11 Å². The highest BCUT2D eigenvalue weighted by atomic mass is 79.9. The summed E-state index contributed by atoms with van der Waals surface area (Å²) in [6.07, 6.45) is 1.12. The first kappa shape index (κ1) is 18.3. The van der Waals surface area contributed by atoms with Crippen molar-refractivity contribution in [2.24, 2.45) is 5.10 Å². The molecule has 0 atom stereocenters. The van der Waals surface area contributed by atoms with Gasteiger partial charge in [0.2, 0.25) is 5.75 Å². The van der Waals surface area contributed by atoms with Crippen LogP contribution in [0.25, 0.3) is 10.1 Å². The third-order valence-corrected chi connectivity index (χ3v) is 5.52. The summed E-state index contributed by atoms with van der Waals surface area (Å²) in [4.78, 5) is 22.8. The maximum absolute atomic E-state index is 12.3. The first-order valence-electron chi connectivity index (χ1n) is 7.06. The van der Waals surface area contributed by atoms with Gasteiger partial charge in [0.15, 0.2) is 0 Å². The third kappa shape index (κ3) is 3.55. The van der Waals surface area contributed by atoms with E-state index in [1.54, 1.807) is 0 Å². The predicted molar refractivity (Wildman–Crippen MR) is 104 cm³/mol. The van der Waals surface area contributed by atoms with Crippen molar-refractivity contribution in [3.05, 3.63) is 66.4 Å². The fraction of sp³-hybridized carbons (Fsp3) is 0. The number of fused-ring (bicyclic) bond motifs is 1. The molecule has 1 amide bonds. The number of carbonyl (C=O) groups excluding carboxylic acids is 1. The van der Waals surface area contributed by atoms with Gasteiger partial charge in [0.25, 0.3) is 5.91 Å². The number of nitrogens with one attached hydrogen (secondary N) is 1. The summed E-state index contributed by atoms with van der Waals surface area (Å²) in [7, 11) is 0. The Morgan fingerprint density at radius 3 is 2.81 bits per heavy atom. The number of carbonyl (C=O) groups is 1.